The van der Waals surface area contributed by atoms with E-state index in [4.69, 9.17) is 26.3 Å². The molecule has 4 saturated heterocycles. The van der Waals surface area contributed by atoms with Gasteiger partial charge in [0.2, 0.25) is 5.91 Å². The van der Waals surface area contributed by atoms with Gasteiger partial charge in [0.1, 0.15) is 23.6 Å². The molecule has 0 unspecified atom stereocenters. The molecule has 2 aromatic heterocycles. The van der Waals surface area contributed by atoms with Crippen LogP contribution in [0.5, 0.6) is 6.01 Å². The number of nitrogens with zero attached hydrogens (tertiary/aromatic N) is 6. The summed E-state index contributed by atoms with van der Waals surface area (Å²) in [6.07, 6.45) is 11.5. The number of anilines is 1. The van der Waals surface area contributed by atoms with Crippen molar-refractivity contribution in [1.82, 2.24) is 24.8 Å². The Morgan fingerprint density at radius 3 is 2.56 bits per heavy atom. The van der Waals surface area contributed by atoms with Gasteiger partial charge in [-0.3, -0.25) is 14.7 Å². The highest BCUT2D eigenvalue weighted by molar-refractivity contribution is 6.32. The van der Waals surface area contributed by atoms with E-state index in [9.17, 15) is 4.79 Å². The molecular weight excluding hydrogens is 567 g/mol. The Morgan fingerprint density at radius 2 is 1.86 bits per heavy atom. The summed E-state index contributed by atoms with van der Waals surface area (Å²) in [7, 11) is 0. The quantitative estimate of drug-likeness (QED) is 0.320. The Labute approximate surface area is 255 Å². The van der Waals surface area contributed by atoms with Crippen molar-refractivity contribution in [1.29, 1.82) is 0 Å². The molecule has 2 bridgehead atoms. The molecule has 4 aliphatic heterocycles. The van der Waals surface area contributed by atoms with Crippen LogP contribution < -0.4 is 9.64 Å². The number of benzene rings is 1. The molecule has 224 valence electrons. The number of fused-ring (bicyclic) bond motifs is 4. The van der Waals surface area contributed by atoms with Crippen molar-refractivity contribution in [3.63, 3.8) is 0 Å². The maximum absolute atomic E-state index is 16.7. The van der Waals surface area contributed by atoms with E-state index in [1.54, 1.807) is 6.20 Å². The van der Waals surface area contributed by atoms with E-state index in [1.807, 2.05) is 23.1 Å². The topological polar surface area (TPSA) is 74.7 Å². The van der Waals surface area contributed by atoms with Gasteiger partial charge in [0.15, 0.2) is 5.82 Å². The van der Waals surface area contributed by atoms with E-state index in [1.165, 1.54) is 6.08 Å². The van der Waals surface area contributed by atoms with E-state index in [0.29, 0.717) is 41.8 Å². The number of carbonyl (C=O) groups excluding carboxylic acids is 1. The molecular formula is C33H36ClFN6O2. The molecule has 0 N–H and O–H groups in total. The second-order valence-corrected chi connectivity index (χ2v) is 13.3. The van der Waals surface area contributed by atoms with Gasteiger partial charge in [-0.25, -0.2) is 4.39 Å². The van der Waals surface area contributed by atoms with Crippen LogP contribution in [0.3, 0.4) is 0 Å². The van der Waals surface area contributed by atoms with E-state index >= 15 is 4.39 Å². The molecule has 6 heterocycles. The number of halogens is 2. The van der Waals surface area contributed by atoms with Crippen molar-refractivity contribution in [2.45, 2.75) is 74.9 Å². The van der Waals surface area contributed by atoms with Gasteiger partial charge in [-0.2, -0.15) is 9.97 Å². The number of carbonyl (C=O) groups is 1. The number of hydrogen-bond acceptors (Lipinski definition) is 7. The lowest BCUT2D eigenvalue weighted by Crippen LogP contribution is -2.55. The fourth-order valence-electron chi connectivity index (χ4n) is 8.25. The van der Waals surface area contributed by atoms with E-state index in [2.05, 4.69) is 21.4 Å². The molecule has 1 aromatic carbocycles. The summed E-state index contributed by atoms with van der Waals surface area (Å²) < 4.78 is 23.1. The first kappa shape index (κ1) is 27.3. The first-order valence-corrected chi connectivity index (χ1v) is 16.1. The predicted molar refractivity (Wildman–Crippen MR) is 164 cm³/mol. The van der Waals surface area contributed by atoms with Crippen LogP contribution in [0.25, 0.3) is 22.2 Å². The van der Waals surface area contributed by atoms with Gasteiger partial charge in [0.25, 0.3) is 0 Å². The van der Waals surface area contributed by atoms with Crippen LogP contribution >= 0.6 is 11.6 Å². The molecule has 5 aliphatic rings. The van der Waals surface area contributed by atoms with Crippen molar-refractivity contribution >= 4 is 34.2 Å². The largest absolute Gasteiger partial charge is 0.461 e. The number of amides is 1. The lowest BCUT2D eigenvalue weighted by Gasteiger charge is -2.41. The van der Waals surface area contributed by atoms with Crippen molar-refractivity contribution < 1.29 is 13.9 Å². The fourth-order valence-corrected chi connectivity index (χ4v) is 8.58. The number of pyridine rings is 1. The number of hydrogen-bond donors (Lipinski definition) is 0. The molecule has 2 atom stereocenters. The summed E-state index contributed by atoms with van der Waals surface area (Å²) in [4.78, 5) is 33.6. The predicted octanol–water partition coefficient (Wildman–Crippen LogP) is 5.73. The van der Waals surface area contributed by atoms with Gasteiger partial charge in [-0.15, -0.1) is 0 Å². The van der Waals surface area contributed by atoms with E-state index in [-0.39, 0.29) is 40.8 Å². The average Bonchev–Trinajstić information content (AvgIpc) is 3.56. The van der Waals surface area contributed by atoms with Crippen LogP contribution in [0.2, 0.25) is 5.02 Å². The Hall–Kier alpha value is -3.30. The zero-order valence-electron chi connectivity index (χ0n) is 24.3. The lowest BCUT2D eigenvalue weighted by molar-refractivity contribution is -0.129. The van der Waals surface area contributed by atoms with E-state index < -0.39 is 5.82 Å². The second kappa shape index (κ2) is 10.4. The van der Waals surface area contributed by atoms with Crippen molar-refractivity contribution in [3.8, 4) is 17.3 Å². The highest BCUT2D eigenvalue weighted by Gasteiger charge is 2.46. The van der Waals surface area contributed by atoms with Gasteiger partial charge >= 0.3 is 6.01 Å². The number of aromatic nitrogens is 3. The fraction of sp³-hybridized carbons (Fsp3) is 0.515. The van der Waals surface area contributed by atoms with Crippen LogP contribution in [-0.2, 0) is 4.79 Å². The van der Waals surface area contributed by atoms with Crippen molar-refractivity contribution in [3.05, 3.63) is 53.5 Å². The average molecular weight is 603 g/mol. The van der Waals surface area contributed by atoms with Gasteiger partial charge < -0.3 is 14.5 Å². The molecule has 1 saturated carbocycles. The third-order valence-electron chi connectivity index (χ3n) is 10.4. The molecule has 5 fully saturated rings. The molecule has 1 aliphatic carbocycles. The highest BCUT2D eigenvalue weighted by Crippen LogP contribution is 2.48. The summed E-state index contributed by atoms with van der Waals surface area (Å²) in [6.45, 7) is 7.58. The standard InChI is InChI=1S/C33H36ClFN6O2/c1-2-26(42)41-21-10-11-22(41)18-39(17-21)31-24-16-36-29(23-6-3-7-25(34)27(23)20-8-9-20)28(35)30(24)37-32(38-31)43-19-33-12-4-14-40(33)15-5-13-33/h2-3,6-7,16,20-22H,1,4-5,8-15,17-19H2/t21-,22+. The molecule has 43 heavy (non-hydrogen) atoms. The Bertz CT molecular complexity index is 1600. The minimum atomic E-state index is -0.486. The SMILES string of the molecule is C=CC(=O)N1[C@@H]2CC[C@H]1CN(c1nc(OCC34CCCN3CCC4)nc3c(F)c(-c4cccc(Cl)c4C4CC4)ncc13)C2. The highest BCUT2D eigenvalue weighted by atomic mass is 35.5. The van der Waals surface area contributed by atoms with Crippen LogP contribution in [0.15, 0.2) is 37.1 Å². The Morgan fingerprint density at radius 1 is 1.12 bits per heavy atom. The molecule has 8 rings (SSSR count). The monoisotopic (exact) mass is 602 g/mol. The molecule has 10 heteroatoms. The normalized spacial score (nSPS) is 24.5. The second-order valence-electron chi connectivity index (χ2n) is 12.9. The zero-order valence-corrected chi connectivity index (χ0v) is 25.0. The Kier molecular flexibility index (Phi) is 6.60. The van der Waals surface area contributed by atoms with Crippen LogP contribution in [0.4, 0.5) is 10.2 Å². The molecule has 3 aromatic rings. The number of ether oxygens (including phenoxy) is 1. The van der Waals surface area contributed by atoms with Gasteiger partial charge in [-0.05, 0) is 88.1 Å². The molecule has 1 amide bonds. The maximum Gasteiger partial charge on any atom is 0.319 e. The smallest absolute Gasteiger partial charge is 0.319 e. The maximum atomic E-state index is 16.7. The van der Waals surface area contributed by atoms with Crippen LogP contribution in [0.1, 0.15) is 62.8 Å². The van der Waals surface area contributed by atoms with Crippen molar-refractivity contribution in [2.24, 2.45) is 0 Å². The summed E-state index contributed by atoms with van der Waals surface area (Å²) >= 11 is 6.62. The third-order valence-corrected chi connectivity index (χ3v) is 10.8. The molecule has 0 spiro atoms. The number of piperazine rings is 1. The third kappa shape index (κ3) is 4.49. The number of rotatable bonds is 7. The van der Waals surface area contributed by atoms with Gasteiger partial charge in [-0.1, -0.05) is 30.3 Å². The minimum absolute atomic E-state index is 0.0101. The van der Waals surface area contributed by atoms with Gasteiger partial charge in [0, 0.05) is 42.0 Å². The summed E-state index contributed by atoms with van der Waals surface area (Å²) in [5.74, 6) is 0.415. The zero-order chi connectivity index (χ0) is 29.3. The van der Waals surface area contributed by atoms with Crippen LogP contribution in [0, 0.1) is 5.82 Å². The summed E-state index contributed by atoms with van der Waals surface area (Å²) in [6, 6.07) is 5.90. The van der Waals surface area contributed by atoms with Crippen LogP contribution in [-0.4, -0.2) is 81.1 Å². The van der Waals surface area contributed by atoms with Gasteiger partial charge in [0.05, 0.1) is 10.9 Å². The first-order chi connectivity index (χ1) is 21.0. The van der Waals surface area contributed by atoms with Crippen molar-refractivity contribution in [2.75, 3.05) is 37.7 Å². The summed E-state index contributed by atoms with van der Waals surface area (Å²) in [5, 5.41) is 1.20. The Balaban J connectivity index is 1.21. The molecule has 0 radical (unpaired) electrons. The first-order valence-electron chi connectivity index (χ1n) is 15.7. The molecule has 8 nitrogen and oxygen atoms in total. The minimum Gasteiger partial charge on any atom is -0.461 e. The van der Waals surface area contributed by atoms with E-state index in [0.717, 1.165) is 75.6 Å². The lowest BCUT2D eigenvalue weighted by atomic mass is 9.95. The summed E-state index contributed by atoms with van der Waals surface area (Å²) in [5.41, 5.74) is 2.15.